The second-order valence-corrected chi connectivity index (χ2v) is 6.33. The van der Waals surface area contributed by atoms with E-state index in [0.717, 1.165) is 0 Å². The summed E-state index contributed by atoms with van der Waals surface area (Å²) in [7, 11) is 0. The van der Waals surface area contributed by atoms with Crippen molar-refractivity contribution < 1.29 is 0 Å². The molecule has 2 N–H and O–H groups in total. The SMILES string of the molecule is CC(C)C(CN)c1cncn1C1CCCSC1. The average molecular weight is 253 g/mol. The van der Waals surface area contributed by atoms with Crippen molar-refractivity contribution in [2.75, 3.05) is 18.1 Å². The molecular weight excluding hydrogens is 230 g/mol. The van der Waals surface area contributed by atoms with Gasteiger partial charge in [0.15, 0.2) is 0 Å². The van der Waals surface area contributed by atoms with Gasteiger partial charge in [-0.25, -0.2) is 4.98 Å². The lowest BCUT2D eigenvalue weighted by Gasteiger charge is -2.28. The van der Waals surface area contributed by atoms with Gasteiger partial charge in [-0.15, -0.1) is 0 Å². The second kappa shape index (κ2) is 5.91. The van der Waals surface area contributed by atoms with Gasteiger partial charge in [0.05, 0.1) is 6.33 Å². The van der Waals surface area contributed by atoms with Crippen LogP contribution in [0.25, 0.3) is 0 Å². The van der Waals surface area contributed by atoms with E-state index in [-0.39, 0.29) is 0 Å². The van der Waals surface area contributed by atoms with Gasteiger partial charge < -0.3 is 10.3 Å². The molecule has 2 atom stereocenters. The molecule has 0 spiro atoms. The first kappa shape index (κ1) is 13.0. The third-order valence-electron chi connectivity index (χ3n) is 3.66. The average Bonchev–Trinajstić information content (AvgIpc) is 2.80. The third kappa shape index (κ3) is 2.86. The molecule has 1 aromatic rings. The van der Waals surface area contributed by atoms with Gasteiger partial charge in [-0.2, -0.15) is 11.8 Å². The fraction of sp³-hybridized carbons (Fsp3) is 0.769. The van der Waals surface area contributed by atoms with Crippen molar-refractivity contribution in [3.63, 3.8) is 0 Å². The zero-order valence-corrected chi connectivity index (χ0v) is 11.6. The normalized spacial score (nSPS) is 22.9. The van der Waals surface area contributed by atoms with Crippen molar-refractivity contribution in [2.45, 2.75) is 38.6 Å². The molecule has 4 heteroatoms. The monoisotopic (exact) mass is 253 g/mol. The van der Waals surface area contributed by atoms with Gasteiger partial charge in [-0.3, -0.25) is 0 Å². The van der Waals surface area contributed by atoms with Crippen molar-refractivity contribution in [1.29, 1.82) is 0 Å². The first-order chi connectivity index (χ1) is 8.24. The van der Waals surface area contributed by atoms with Gasteiger partial charge >= 0.3 is 0 Å². The Morgan fingerprint density at radius 1 is 1.59 bits per heavy atom. The molecule has 0 bridgehead atoms. The number of nitrogens with two attached hydrogens (primary N) is 1. The van der Waals surface area contributed by atoms with Crippen LogP contribution in [0.2, 0.25) is 0 Å². The van der Waals surface area contributed by atoms with Crippen LogP contribution in [0.15, 0.2) is 12.5 Å². The molecule has 0 saturated carbocycles. The lowest BCUT2D eigenvalue weighted by atomic mass is 9.92. The predicted molar refractivity (Wildman–Crippen MR) is 74.5 cm³/mol. The van der Waals surface area contributed by atoms with Crippen LogP contribution in [0.3, 0.4) is 0 Å². The van der Waals surface area contributed by atoms with Crippen LogP contribution in [-0.4, -0.2) is 27.6 Å². The first-order valence-corrected chi connectivity index (χ1v) is 7.69. The van der Waals surface area contributed by atoms with E-state index in [4.69, 9.17) is 5.73 Å². The Hall–Kier alpha value is -0.480. The molecule has 0 amide bonds. The lowest BCUT2D eigenvalue weighted by molar-refractivity contribution is 0.429. The molecule has 1 saturated heterocycles. The van der Waals surface area contributed by atoms with Crippen molar-refractivity contribution >= 4 is 11.8 Å². The number of thioether (sulfide) groups is 1. The molecule has 2 unspecified atom stereocenters. The zero-order valence-electron chi connectivity index (χ0n) is 10.8. The molecule has 2 heterocycles. The van der Waals surface area contributed by atoms with E-state index in [9.17, 15) is 0 Å². The fourth-order valence-corrected chi connectivity index (χ4v) is 3.72. The lowest BCUT2D eigenvalue weighted by Crippen LogP contribution is -2.24. The van der Waals surface area contributed by atoms with Crippen LogP contribution in [0.5, 0.6) is 0 Å². The van der Waals surface area contributed by atoms with Gasteiger partial charge in [0, 0.05) is 36.1 Å². The Kier molecular flexibility index (Phi) is 4.51. The van der Waals surface area contributed by atoms with E-state index in [1.165, 1.54) is 30.0 Å². The maximum Gasteiger partial charge on any atom is 0.0951 e. The molecule has 96 valence electrons. The largest absolute Gasteiger partial charge is 0.330 e. The number of hydrogen-bond acceptors (Lipinski definition) is 3. The van der Waals surface area contributed by atoms with Gasteiger partial charge in [0.2, 0.25) is 0 Å². The van der Waals surface area contributed by atoms with Gasteiger partial charge in [-0.1, -0.05) is 13.8 Å². The molecule has 3 nitrogen and oxygen atoms in total. The molecule has 1 aromatic heterocycles. The second-order valence-electron chi connectivity index (χ2n) is 5.18. The topological polar surface area (TPSA) is 43.8 Å². The highest BCUT2D eigenvalue weighted by atomic mass is 32.2. The van der Waals surface area contributed by atoms with Crippen LogP contribution in [0.1, 0.15) is 44.3 Å². The molecule has 1 aliphatic heterocycles. The number of hydrogen-bond donors (Lipinski definition) is 1. The van der Waals surface area contributed by atoms with Crippen molar-refractivity contribution in [3.05, 3.63) is 18.2 Å². The maximum atomic E-state index is 5.92. The highest BCUT2D eigenvalue weighted by Gasteiger charge is 2.23. The molecule has 0 aromatic carbocycles. The van der Waals surface area contributed by atoms with Gasteiger partial charge in [0.1, 0.15) is 0 Å². The van der Waals surface area contributed by atoms with E-state index in [2.05, 4.69) is 35.2 Å². The van der Waals surface area contributed by atoms with Crippen LogP contribution < -0.4 is 5.73 Å². The summed E-state index contributed by atoms with van der Waals surface area (Å²) in [6.07, 6.45) is 6.61. The molecule has 17 heavy (non-hydrogen) atoms. The van der Waals surface area contributed by atoms with Crippen LogP contribution in [0, 0.1) is 5.92 Å². The summed E-state index contributed by atoms with van der Waals surface area (Å²) in [5.74, 6) is 3.54. The van der Waals surface area contributed by atoms with E-state index in [1.54, 1.807) is 0 Å². The molecule has 1 aliphatic rings. The van der Waals surface area contributed by atoms with Crippen LogP contribution in [-0.2, 0) is 0 Å². The minimum absolute atomic E-state index is 0.435. The van der Waals surface area contributed by atoms with E-state index < -0.39 is 0 Å². The summed E-state index contributed by atoms with van der Waals surface area (Å²) >= 11 is 2.06. The summed E-state index contributed by atoms with van der Waals surface area (Å²) in [6, 6.07) is 0.624. The summed E-state index contributed by atoms with van der Waals surface area (Å²) in [4.78, 5) is 4.35. The first-order valence-electron chi connectivity index (χ1n) is 6.53. The minimum atomic E-state index is 0.435. The molecule has 1 fully saturated rings. The maximum absolute atomic E-state index is 5.92. The Labute approximate surface area is 108 Å². The van der Waals surface area contributed by atoms with Crippen molar-refractivity contribution in [1.82, 2.24) is 9.55 Å². The quantitative estimate of drug-likeness (QED) is 0.897. The Balaban J connectivity index is 2.20. The van der Waals surface area contributed by atoms with Crippen LogP contribution >= 0.6 is 11.8 Å². The molecule has 0 aliphatic carbocycles. The fourth-order valence-electron chi connectivity index (χ4n) is 2.58. The molecule has 2 rings (SSSR count). The predicted octanol–water partition coefficient (Wildman–Crippen LogP) is 2.65. The van der Waals surface area contributed by atoms with E-state index in [0.29, 0.717) is 24.4 Å². The smallest absolute Gasteiger partial charge is 0.0951 e. The highest BCUT2D eigenvalue weighted by molar-refractivity contribution is 7.99. The zero-order chi connectivity index (χ0) is 12.3. The van der Waals surface area contributed by atoms with Crippen molar-refractivity contribution in [2.24, 2.45) is 11.7 Å². The number of nitrogens with zero attached hydrogens (tertiary/aromatic N) is 2. The Morgan fingerprint density at radius 2 is 2.41 bits per heavy atom. The minimum Gasteiger partial charge on any atom is -0.330 e. The summed E-state index contributed by atoms with van der Waals surface area (Å²) < 4.78 is 2.38. The standard InChI is InChI=1S/C13H23N3S/c1-10(2)12(6-14)13-7-15-9-16(13)11-4-3-5-17-8-11/h7,9-12H,3-6,8,14H2,1-2H3. The van der Waals surface area contributed by atoms with Crippen LogP contribution in [0.4, 0.5) is 0 Å². The Bertz CT molecular complexity index is 342. The number of imidazole rings is 1. The van der Waals surface area contributed by atoms with E-state index in [1.807, 2.05) is 12.5 Å². The van der Waals surface area contributed by atoms with Crippen molar-refractivity contribution in [3.8, 4) is 0 Å². The third-order valence-corrected chi connectivity index (χ3v) is 4.86. The van der Waals surface area contributed by atoms with E-state index >= 15 is 0 Å². The summed E-state index contributed by atoms with van der Waals surface area (Å²) in [5, 5.41) is 0. The summed E-state index contributed by atoms with van der Waals surface area (Å²) in [5.41, 5.74) is 7.25. The molecular formula is C13H23N3S. The Morgan fingerprint density at radius 3 is 3.00 bits per heavy atom. The van der Waals surface area contributed by atoms with Gasteiger partial charge in [-0.05, 0) is 24.5 Å². The highest BCUT2D eigenvalue weighted by Crippen LogP contribution is 2.31. The molecule has 0 radical (unpaired) electrons. The number of aromatic nitrogens is 2. The number of rotatable bonds is 4. The summed E-state index contributed by atoms with van der Waals surface area (Å²) in [6.45, 7) is 5.19. The van der Waals surface area contributed by atoms with Gasteiger partial charge in [0.25, 0.3) is 0 Å².